The number of amides is 1. The van der Waals surface area contributed by atoms with Gasteiger partial charge in [-0.25, -0.2) is 0 Å². The molecule has 2 aliphatic rings. The average molecular weight is 316 g/mol. The van der Waals surface area contributed by atoms with Crippen molar-refractivity contribution in [3.63, 3.8) is 0 Å². The first kappa shape index (κ1) is 16.3. The minimum absolute atomic E-state index is 0.0937. The summed E-state index contributed by atoms with van der Waals surface area (Å²) < 4.78 is 0. The van der Waals surface area contributed by atoms with E-state index >= 15 is 0 Å². The lowest BCUT2D eigenvalue weighted by atomic mass is 9.96. The van der Waals surface area contributed by atoms with E-state index < -0.39 is 0 Å². The summed E-state index contributed by atoms with van der Waals surface area (Å²) in [6.45, 7) is 7.46. The lowest BCUT2D eigenvalue weighted by Gasteiger charge is -2.32. The maximum absolute atomic E-state index is 12.3. The molecule has 2 N–H and O–H groups in total. The highest BCUT2D eigenvalue weighted by Gasteiger charge is 2.28. The maximum atomic E-state index is 12.3. The zero-order valence-electron chi connectivity index (χ0n) is 14.3. The summed E-state index contributed by atoms with van der Waals surface area (Å²) in [4.78, 5) is 14.6. The van der Waals surface area contributed by atoms with E-state index in [2.05, 4.69) is 23.2 Å². The Kier molecular flexibility index (Phi) is 4.90. The minimum atomic E-state index is 0.0937. The van der Waals surface area contributed by atoms with Gasteiger partial charge in [0.15, 0.2) is 0 Å². The van der Waals surface area contributed by atoms with Crippen LogP contribution in [0.25, 0.3) is 0 Å². The van der Waals surface area contributed by atoms with Gasteiger partial charge in [-0.3, -0.25) is 9.69 Å². The van der Waals surface area contributed by atoms with E-state index in [0.717, 1.165) is 56.1 Å². The third-order valence-electron chi connectivity index (χ3n) is 5.23. The van der Waals surface area contributed by atoms with Gasteiger partial charge in [-0.2, -0.15) is 0 Å². The second-order valence-corrected chi connectivity index (χ2v) is 7.33. The molecule has 1 aromatic carbocycles. The molecule has 0 aromatic heterocycles. The van der Waals surface area contributed by atoms with Gasteiger partial charge in [0.25, 0.3) is 0 Å². The molecular formula is C19H28N2O2. The van der Waals surface area contributed by atoms with Crippen molar-refractivity contribution in [1.29, 1.82) is 0 Å². The van der Waals surface area contributed by atoms with Crippen molar-refractivity contribution in [1.82, 2.24) is 10.2 Å². The molecular weight excluding hydrogens is 288 g/mol. The fraction of sp³-hybridized carbons (Fsp3) is 0.632. The highest BCUT2D eigenvalue weighted by molar-refractivity contribution is 5.79. The second kappa shape index (κ2) is 6.91. The summed E-state index contributed by atoms with van der Waals surface area (Å²) in [5.74, 6) is 1.40. The number of nitrogens with one attached hydrogen (secondary N) is 1. The van der Waals surface area contributed by atoms with Gasteiger partial charge in [0, 0.05) is 25.2 Å². The van der Waals surface area contributed by atoms with Crippen LogP contribution in [0.5, 0.6) is 5.75 Å². The Bertz CT molecular complexity index is 581. The van der Waals surface area contributed by atoms with Crippen LogP contribution in [0.1, 0.15) is 42.4 Å². The summed E-state index contributed by atoms with van der Waals surface area (Å²) in [5.41, 5.74) is 3.28. The predicted molar refractivity (Wildman–Crippen MR) is 91.3 cm³/mol. The zero-order valence-corrected chi connectivity index (χ0v) is 14.3. The lowest BCUT2D eigenvalue weighted by molar-refractivity contribution is -0.126. The third-order valence-corrected chi connectivity index (χ3v) is 5.23. The van der Waals surface area contributed by atoms with Crippen LogP contribution >= 0.6 is 0 Å². The number of aryl methyl sites for hydroxylation is 2. The van der Waals surface area contributed by atoms with E-state index in [1.165, 1.54) is 18.4 Å². The molecule has 2 fully saturated rings. The number of rotatable bonds is 5. The largest absolute Gasteiger partial charge is 0.508 e. The van der Waals surface area contributed by atoms with Gasteiger partial charge in [-0.05, 0) is 69.2 Å². The molecule has 1 aliphatic carbocycles. The molecule has 3 rings (SSSR count). The van der Waals surface area contributed by atoms with Crippen LogP contribution in [0.3, 0.4) is 0 Å². The van der Waals surface area contributed by atoms with E-state index in [-0.39, 0.29) is 11.8 Å². The molecule has 126 valence electrons. The Morgan fingerprint density at radius 2 is 2.00 bits per heavy atom. The van der Waals surface area contributed by atoms with E-state index in [0.29, 0.717) is 5.75 Å². The first-order valence-corrected chi connectivity index (χ1v) is 8.82. The number of phenolic OH excluding ortho intramolecular Hbond substituents is 1. The molecule has 0 bridgehead atoms. The number of hydrogen-bond acceptors (Lipinski definition) is 3. The molecule has 1 heterocycles. The Morgan fingerprint density at radius 3 is 2.74 bits per heavy atom. The number of carbonyl (C=O) groups is 1. The smallest absolute Gasteiger partial charge is 0.224 e. The number of nitrogens with zero attached hydrogens (tertiary/aromatic N) is 1. The number of benzene rings is 1. The van der Waals surface area contributed by atoms with E-state index in [1.54, 1.807) is 0 Å². The van der Waals surface area contributed by atoms with E-state index in [4.69, 9.17) is 0 Å². The van der Waals surface area contributed by atoms with E-state index in [9.17, 15) is 9.90 Å². The van der Waals surface area contributed by atoms with Crippen LogP contribution in [0.15, 0.2) is 12.1 Å². The summed E-state index contributed by atoms with van der Waals surface area (Å²) >= 11 is 0. The van der Waals surface area contributed by atoms with Crippen molar-refractivity contribution in [3.05, 3.63) is 28.8 Å². The first-order valence-electron chi connectivity index (χ1n) is 8.82. The summed E-state index contributed by atoms with van der Waals surface area (Å²) in [6, 6.07) is 3.91. The van der Waals surface area contributed by atoms with Crippen molar-refractivity contribution >= 4 is 5.91 Å². The summed E-state index contributed by atoms with van der Waals surface area (Å²) in [7, 11) is 0. The minimum Gasteiger partial charge on any atom is -0.508 e. The fourth-order valence-corrected chi connectivity index (χ4v) is 3.35. The van der Waals surface area contributed by atoms with Gasteiger partial charge in [-0.1, -0.05) is 6.07 Å². The Morgan fingerprint density at radius 1 is 1.26 bits per heavy atom. The molecule has 1 saturated carbocycles. The quantitative estimate of drug-likeness (QED) is 0.878. The van der Waals surface area contributed by atoms with Gasteiger partial charge >= 0.3 is 0 Å². The molecule has 1 atom stereocenters. The van der Waals surface area contributed by atoms with Crippen LogP contribution in [0.4, 0.5) is 0 Å². The molecule has 0 unspecified atom stereocenters. The van der Waals surface area contributed by atoms with Crippen LogP contribution < -0.4 is 5.32 Å². The number of hydrogen-bond donors (Lipinski definition) is 2. The fourth-order valence-electron chi connectivity index (χ4n) is 3.35. The SMILES string of the molecule is Cc1cc(O)c(CN2CCC[C@H](C(=O)NCC3CC3)C2)cc1C. The van der Waals surface area contributed by atoms with Crippen LogP contribution in [-0.2, 0) is 11.3 Å². The monoisotopic (exact) mass is 316 g/mol. The van der Waals surface area contributed by atoms with Crippen molar-refractivity contribution in [2.24, 2.45) is 11.8 Å². The zero-order chi connectivity index (χ0) is 16.4. The normalized spacial score (nSPS) is 22.1. The van der Waals surface area contributed by atoms with E-state index in [1.807, 2.05) is 13.0 Å². The molecule has 4 nitrogen and oxygen atoms in total. The van der Waals surface area contributed by atoms with Crippen LogP contribution in [0, 0.1) is 25.7 Å². The second-order valence-electron chi connectivity index (χ2n) is 7.33. The molecule has 1 amide bonds. The number of likely N-dealkylation sites (tertiary alicyclic amines) is 1. The lowest BCUT2D eigenvalue weighted by Crippen LogP contribution is -2.43. The topological polar surface area (TPSA) is 52.6 Å². The van der Waals surface area contributed by atoms with Crippen molar-refractivity contribution in [2.45, 2.75) is 46.1 Å². The Balaban J connectivity index is 1.57. The number of aromatic hydroxyl groups is 1. The van der Waals surface area contributed by atoms with Gasteiger partial charge in [0.05, 0.1) is 5.92 Å². The molecule has 0 spiro atoms. The number of phenols is 1. The van der Waals surface area contributed by atoms with Crippen molar-refractivity contribution in [3.8, 4) is 5.75 Å². The van der Waals surface area contributed by atoms with Gasteiger partial charge < -0.3 is 10.4 Å². The standard InChI is InChI=1S/C19H28N2O2/c1-13-8-17(18(22)9-14(13)2)12-21-7-3-4-16(11-21)19(23)20-10-15-5-6-15/h8-9,15-16,22H,3-7,10-12H2,1-2H3,(H,20,23)/t16-/m0/s1. The Labute approximate surface area is 138 Å². The number of carbonyl (C=O) groups excluding carboxylic acids is 1. The molecule has 1 saturated heterocycles. The molecule has 1 aliphatic heterocycles. The maximum Gasteiger partial charge on any atom is 0.224 e. The van der Waals surface area contributed by atoms with Gasteiger partial charge in [0.2, 0.25) is 5.91 Å². The van der Waals surface area contributed by atoms with Crippen molar-refractivity contribution < 1.29 is 9.90 Å². The number of piperidine rings is 1. The van der Waals surface area contributed by atoms with Crippen LogP contribution in [0.2, 0.25) is 0 Å². The molecule has 23 heavy (non-hydrogen) atoms. The molecule has 4 heteroatoms. The predicted octanol–water partition coefficient (Wildman–Crippen LogP) is 2.75. The van der Waals surface area contributed by atoms with Crippen molar-refractivity contribution in [2.75, 3.05) is 19.6 Å². The third kappa shape index (κ3) is 4.25. The molecule has 0 radical (unpaired) electrons. The first-order chi connectivity index (χ1) is 11.0. The highest BCUT2D eigenvalue weighted by atomic mass is 16.3. The summed E-state index contributed by atoms with van der Waals surface area (Å²) in [6.07, 6.45) is 4.56. The molecule has 1 aromatic rings. The van der Waals surface area contributed by atoms with Gasteiger partial charge in [0.1, 0.15) is 5.75 Å². The Hall–Kier alpha value is -1.55. The highest BCUT2D eigenvalue weighted by Crippen LogP contribution is 2.28. The van der Waals surface area contributed by atoms with Crippen LogP contribution in [-0.4, -0.2) is 35.5 Å². The van der Waals surface area contributed by atoms with Gasteiger partial charge in [-0.15, -0.1) is 0 Å². The summed E-state index contributed by atoms with van der Waals surface area (Å²) in [5, 5.41) is 13.3. The average Bonchev–Trinajstić information content (AvgIpc) is 3.35.